The molecule has 4 saturated carbocycles. The molecule has 4 fully saturated rings. The summed E-state index contributed by atoms with van der Waals surface area (Å²) in [5.74, 6) is -14.3. The van der Waals surface area contributed by atoms with Crippen molar-refractivity contribution in [1.29, 1.82) is 0 Å². The minimum Gasteiger partial charge on any atom is -0.481 e. The Labute approximate surface area is 248 Å². The van der Waals surface area contributed by atoms with Gasteiger partial charge in [-0.15, -0.1) is 12.4 Å². The zero-order chi connectivity index (χ0) is 33.4. The molecule has 43 heavy (non-hydrogen) atoms. The highest BCUT2D eigenvalue weighted by molar-refractivity contribution is 5.87. The number of nitrogens with one attached hydrogen (secondary N) is 2. The molecule has 4 aliphatic carbocycles. The van der Waals surface area contributed by atoms with Crippen molar-refractivity contribution < 1.29 is 64.5 Å². The molecule has 0 aromatic rings. The molecule has 0 aromatic heterocycles. The molecule has 8 N–H and O–H groups in total. The number of rotatable bonds is 4. The molecule has 0 unspecified atom stereocenters. The summed E-state index contributed by atoms with van der Waals surface area (Å²) in [6, 6.07) is 0. The summed E-state index contributed by atoms with van der Waals surface area (Å²) in [5, 5.41) is 21.3. The summed E-state index contributed by atoms with van der Waals surface area (Å²) in [6.07, 6.45) is -4.24. The zero-order valence-corrected chi connectivity index (χ0v) is 24.6. The van der Waals surface area contributed by atoms with Crippen LogP contribution in [0, 0.1) is 10.8 Å². The summed E-state index contributed by atoms with van der Waals surface area (Å²) >= 11 is 0. The van der Waals surface area contributed by atoms with Gasteiger partial charge in [-0.25, -0.2) is 35.1 Å². The summed E-state index contributed by atoms with van der Waals surface area (Å²) in [7, 11) is 2.84. The Morgan fingerprint density at radius 2 is 0.814 bits per heavy atom. The lowest BCUT2D eigenvalue weighted by atomic mass is 9.67. The third-order valence-electron chi connectivity index (χ3n) is 7.29. The van der Waals surface area contributed by atoms with E-state index in [1.807, 2.05) is 0 Å². The lowest BCUT2D eigenvalue weighted by molar-refractivity contribution is -0.189. The van der Waals surface area contributed by atoms with E-state index < -0.39 is 102 Å². The van der Waals surface area contributed by atoms with Crippen LogP contribution in [-0.4, -0.2) is 82.8 Å². The molecule has 0 heterocycles. The van der Waals surface area contributed by atoms with Crippen LogP contribution in [0.3, 0.4) is 0 Å². The number of hydrogen-bond donors (Lipinski definition) is 6. The number of carboxylic acids is 2. The molecule has 0 aliphatic heterocycles. The fourth-order valence-corrected chi connectivity index (χ4v) is 5.10. The number of carboxylic acid groups (broad SMARTS) is 2. The van der Waals surface area contributed by atoms with E-state index in [1.54, 1.807) is 6.92 Å². The number of carbonyl (C=O) groups is 4. The molecule has 0 spiro atoms. The predicted octanol–water partition coefficient (Wildman–Crippen LogP) is 3.15. The summed E-state index contributed by atoms with van der Waals surface area (Å²) in [5.41, 5.74) is 5.36. The topological polar surface area (TPSA) is 185 Å². The maximum absolute atomic E-state index is 12.4. The van der Waals surface area contributed by atoms with Crippen molar-refractivity contribution in [3.63, 3.8) is 0 Å². The van der Waals surface area contributed by atoms with Gasteiger partial charge in [0.25, 0.3) is 11.8 Å². The van der Waals surface area contributed by atoms with Crippen molar-refractivity contribution in [1.82, 2.24) is 10.6 Å². The maximum Gasteiger partial charge on any atom is 0.324 e. The van der Waals surface area contributed by atoms with Gasteiger partial charge in [-0.2, -0.15) is 0 Å². The number of carbonyl (C=O) groups excluding carboxylic acids is 2. The molecule has 0 aromatic carbocycles. The molecule has 4 aliphatic rings. The number of halogens is 9. The van der Waals surface area contributed by atoms with Gasteiger partial charge in [-0.3, -0.25) is 19.2 Å². The Balaban J connectivity index is 0.000000543. The van der Waals surface area contributed by atoms with Gasteiger partial charge in [0.05, 0.1) is 10.8 Å². The predicted molar refractivity (Wildman–Crippen MR) is 137 cm³/mol. The Morgan fingerprint density at radius 3 is 1.00 bits per heavy atom. The molecule has 0 bridgehead atoms. The molecule has 10 nitrogen and oxygen atoms in total. The number of aliphatic carboxylic acids is 2. The first-order valence-corrected chi connectivity index (χ1v) is 12.5. The molecule has 0 radical (unpaired) electrons. The smallest absolute Gasteiger partial charge is 0.324 e. The Morgan fingerprint density at radius 1 is 0.535 bits per heavy atom. The summed E-state index contributed by atoms with van der Waals surface area (Å²) in [4.78, 5) is 42.2. The minimum absolute atomic E-state index is 0. The van der Waals surface area contributed by atoms with Gasteiger partial charge in [0, 0.05) is 65.5 Å². The largest absolute Gasteiger partial charge is 0.481 e. The first-order chi connectivity index (χ1) is 18.5. The van der Waals surface area contributed by atoms with Crippen LogP contribution in [0.15, 0.2) is 0 Å². The van der Waals surface area contributed by atoms with E-state index in [4.69, 9.17) is 21.7 Å². The van der Waals surface area contributed by atoms with Crippen molar-refractivity contribution in [2.24, 2.45) is 22.3 Å². The number of nitrogens with two attached hydrogens (primary N) is 2. The fraction of sp³-hybridized carbons (Fsp3) is 0.833. The molecular weight excluding hydrogens is 628 g/mol. The SMILES string of the molecule is CC1(C(=O)O)CC(F)(F)C1.CNC(=O)C1(C)CC(F)(F)C1.CNC(=O)C1(N)CC(F)(F)C1.Cl.NC1(C(=O)O)CC(F)(F)C1. The van der Waals surface area contributed by atoms with Gasteiger partial charge in [0.2, 0.25) is 23.7 Å². The van der Waals surface area contributed by atoms with Crippen LogP contribution in [0.4, 0.5) is 35.1 Å². The van der Waals surface area contributed by atoms with Gasteiger partial charge in [-0.05, 0) is 6.92 Å². The summed E-state index contributed by atoms with van der Waals surface area (Å²) in [6.45, 7) is 2.90. The molecule has 0 atom stereocenters. The Kier molecular flexibility index (Phi) is 12.1. The summed E-state index contributed by atoms with van der Waals surface area (Å²) < 4.78 is 97.6. The number of hydrogen-bond acceptors (Lipinski definition) is 6. The molecule has 19 heteroatoms. The van der Waals surface area contributed by atoms with Crippen LogP contribution in [-0.2, 0) is 19.2 Å². The van der Waals surface area contributed by atoms with Crippen LogP contribution < -0.4 is 22.1 Å². The van der Waals surface area contributed by atoms with Crippen molar-refractivity contribution in [3.05, 3.63) is 0 Å². The van der Waals surface area contributed by atoms with Crippen molar-refractivity contribution >= 4 is 36.2 Å². The average Bonchev–Trinajstić information content (AvgIpc) is 2.73. The highest BCUT2D eigenvalue weighted by Crippen LogP contribution is 2.52. The van der Waals surface area contributed by atoms with E-state index >= 15 is 0 Å². The normalized spacial score (nSPS) is 25.6. The second kappa shape index (κ2) is 12.9. The van der Waals surface area contributed by atoms with Crippen LogP contribution in [0.2, 0.25) is 0 Å². The van der Waals surface area contributed by atoms with E-state index in [9.17, 15) is 54.3 Å². The average molecular weight is 665 g/mol. The minimum atomic E-state index is -2.87. The van der Waals surface area contributed by atoms with E-state index in [2.05, 4.69) is 10.6 Å². The molecule has 252 valence electrons. The first-order valence-electron chi connectivity index (χ1n) is 12.5. The Hall–Kier alpha value is -2.47. The quantitative estimate of drug-likeness (QED) is 0.248. The fourth-order valence-electron chi connectivity index (χ4n) is 5.10. The molecule has 2 amide bonds. The van der Waals surface area contributed by atoms with Gasteiger partial charge in [-0.1, -0.05) is 6.92 Å². The van der Waals surface area contributed by atoms with Gasteiger partial charge in [0.15, 0.2) is 0 Å². The van der Waals surface area contributed by atoms with Crippen molar-refractivity contribution in [2.45, 2.75) is 100.0 Å². The highest BCUT2D eigenvalue weighted by Gasteiger charge is 2.60. The lowest BCUT2D eigenvalue weighted by Crippen LogP contribution is -2.65. The van der Waals surface area contributed by atoms with Gasteiger partial charge < -0.3 is 32.3 Å². The molecule has 0 saturated heterocycles. The van der Waals surface area contributed by atoms with E-state index in [1.165, 1.54) is 21.0 Å². The third-order valence-corrected chi connectivity index (χ3v) is 7.29. The second-order valence-electron chi connectivity index (χ2n) is 12.0. The molecule has 4 rings (SSSR count). The monoisotopic (exact) mass is 664 g/mol. The zero-order valence-electron chi connectivity index (χ0n) is 23.8. The standard InChI is InChI=1S/C7H11F2NO.C6H10F2N2O.C6H8F2O2.C5H7F2NO2.ClH/c1-6(5(11)10-2)3-7(8,9)4-6;1-10-4(11)5(9)2-6(7,8)3-5;1-5(4(9)10)2-6(7,8)3-5;6-5(7)1-4(8,2-5)3(9)10;/h3-4H2,1-2H3,(H,10,11);2-3,9H2,1H3,(H,10,11);2-3H2,1H3,(H,9,10);1-2,8H2,(H,9,10);1H. The van der Waals surface area contributed by atoms with Crippen LogP contribution >= 0.6 is 12.4 Å². The number of amides is 2. The van der Waals surface area contributed by atoms with Crippen molar-refractivity contribution in [3.8, 4) is 0 Å². The third kappa shape index (κ3) is 10.3. The van der Waals surface area contributed by atoms with Crippen LogP contribution in [0.25, 0.3) is 0 Å². The van der Waals surface area contributed by atoms with E-state index in [0.717, 1.165) is 0 Å². The first kappa shape index (κ1) is 40.5. The second-order valence-corrected chi connectivity index (χ2v) is 12.0. The van der Waals surface area contributed by atoms with Crippen LogP contribution in [0.1, 0.15) is 65.2 Å². The highest BCUT2D eigenvalue weighted by atomic mass is 35.5. The number of alkyl halides is 8. The van der Waals surface area contributed by atoms with Gasteiger partial charge in [0.1, 0.15) is 11.1 Å². The molecular formula is C24H37ClF8N4O6. The van der Waals surface area contributed by atoms with Gasteiger partial charge >= 0.3 is 11.9 Å². The van der Waals surface area contributed by atoms with Crippen molar-refractivity contribution in [2.75, 3.05) is 14.1 Å². The number of likely N-dealkylation sites (N-methyl/N-ethyl adjacent to an activating group) is 1. The Bertz CT molecular complexity index is 964. The van der Waals surface area contributed by atoms with E-state index in [-0.39, 0.29) is 31.2 Å². The lowest BCUT2D eigenvalue weighted by Gasteiger charge is -2.42. The van der Waals surface area contributed by atoms with E-state index in [0.29, 0.717) is 0 Å². The maximum atomic E-state index is 12.4. The van der Waals surface area contributed by atoms with Crippen LogP contribution in [0.5, 0.6) is 0 Å².